The van der Waals surface area contributed by atoms with Gasteiger partial charge in [-0.15, -0.1) is 0 Å². The van der Waals surface area contributed by atoms with Crippen LogP contribution in [0, 0.1) is 0 Å². The lowest BCUT2D eigenvalue weighted by atomic mass is 9.91. The van der Waals surface area contributed by atoms with Crippen molar-refractivity contribution in [2.75, 3.05) is 6.54 Å². The molecule has 0 radical (unpaired) electrons. The minimum atomic E-state index is 0.156. The summed E-state index contributed by atoms with van der Waals surface area (Å²) in [5.74, 6) is 0.584. The maximum Gasteiger partial charge on any atom is 0.0504 e. The summed E-state index contributed by atoms with van der Waals surface area (Å²) in [5.41, 5.74) is 9.49. The zero-order valence-corrected chi connectivity index (χ0v) is 14.4. The summed E-state index contributed by atoms with van der Waals surface area (Å²) >= 11 is 0. The normalized spacial score (nSPS) is 25.1. The van der Waals surface area contributed by atoms with Gasteiger partial charge in [0.15, 0.2) is 0 Å². The Morgan fingerprint density at radius 2 is 1.71 bits per heavy atom. The van der Waals surface area contributed by atoms with Crippen LogP contribution < -0.4 is 5.73 Å². The number of nitrogens with zero attached hydrogens (tertiary/aromatic N) is 1. The predicted molar refractivity (Wildman–Crippen MR) is 91.6 cm³/mol. The third kappa shape index (κ3) is 3.87. The maximum atomic E-state index is 6.55. The molecule has 0 spiro atoms. The van der Waals surface area contributed by atoms with Crippen LogP contribution in [0.5, 0.6) is 0 Å². The van der Waals surface area contributed by atoms with E-state index in [0.717, 1.165) is 13.0 Å². The number of hydrogen-bond acceptors (Lipinski definition) is 2. The van der Waals surface area contributed by atoms with Crippen LogP contribution in [0.2, 0.25) is 0 Å². The van der Waals surface area contributed by atoms with Crippen LogP contribution in [0.1, 0.15) is 77.0 Å². The van der Waals surface area contributed by atoms with E-state index in [1.165, 1.54) is 24.0 Å². The van der Waals surface area contributed by atoms with Gasteiger partial charge in [-0.05, 0) is 57.2 Å². The van der Waals surface area contributed by atoms with Crippen LogP contribution in [0.25, 0.3) is 0 Å². The van der Waals surface area contributed by atoms with Gasteiger partial charge >= 0.3 is 0 Å². The summed E-state index contributed by atoms with van der Waals surface area (Å²) in [5, 5.41) is 0. The lowest BCUT2D eigenvalue weighted by Crippen LogP contribution is -2.49. The molecule has 0 amide bonds. The first-order valence-electron chi connectivity index (χ1n) is 8.43. The average molecular weight is 288 g/mol. The van der Waals surface area contributed by atoms with E-state index in [2.05, 4.69) is 63.8 Å². The van der Waals surface area contributed by atoms with Gasteiger partial charge in [0.25, 0.3) is 0 Å². The van der Waals surface area contributed by atoms with E-state index >= 15 is 0 Å². The van der Waals surface area contributed by atoms with Crippen LogP contribution >= 0.6 is 0 Å². The first-order valence-corrected chi connectivity index (χ1v) is 8.43. The molecule has 1 aromatic carbocycles. The molecule has 21 heavy (non-hydrogen) atoms. The smallest absolute Gasteiger partial charge is 0.0504 e. The second-order valence-corrected chi connectivity index (χ2v) is 7.79. The molecule has 118 valence electrons. The lowest BCUT2D eigenvalue weighted by Gasteiger charge is -2.43. The molecule has 2 rings (SSSR count). The number of likely N-dealkylation sites (tertiary alicyclic amines) is 1. The van der Waals surface area contributed by atoms with Gasteiger partial charge in [-0.1, -0.05) is 44.5 Å². The second-order valence-electron chi connectivity index (χ2n) is 7.79. The van der Waals surface area contributed by atoms with E-state index in [9.17, 15) is 0 Å². The Morgan fingerprint density at radius 3 is 2.24 bits per heavy atom. The molecule has 1 fully saturated rings. The van der Waals surface area contributed by atoms with E-state index in [1.54, 1.807) is 0 Å². The molecule has 0 aliphatic carbocycles. The SMILES string of the molecule is CC(C)c1ccc(C2C(N)CCCCN2C(C)(C)C)cc1. The summed E-state index contributed by atoms with van der Waals surface area (Å²) < 4.78 is 0. The van der Waals surface area contributed by atoms with Crippen molar-refractivity contribution in [2.24, 2.45) is 5.73 Å². The standard InChI is InChI=1S/C19H32N2/c1-14(2)15-9-11-16(12-10-15)18-17(20)8-6-7-13-21(18)19(3,4)5/h9-12,14,17-18H,6-8,13,20H2,1-5H3. The van der Waals surface area contributed by atoms with Crippen molar-refractivity contribution in [1.82, 2.24) is 4.90 Å². The molecule has 2 atom stereocenters. The van der Waals surface area contributed by atoms with Gasteiger partial charge in [-0.2, -0.15) is 0 Å². The van der Waals surface area contributed by atoms with Crippen molar-refractivity contribution < 1.29 is 0 Å². The van der Waals surface area contributed by atoms with Gasteiger partial charge in [0, 0.05) is 11.6 Å². The van der Waals surface area contributed by atoms with E-state index in [0.29, 0.717) is 12.0 Å². The molecule has 0 saturated carbocycles. The minimum Gasteiger partial charge on any atom is -0.326 e. The molecule has 0 aromatic heterocycles. The Labute approximate surface area is 130 Å². The molecule has 1 aromatic rings. The Kier molecular flexibility index (Phi) is 5.11. The Bertz CT molecular complexity index is 442. The summed E-state index contributed by atoms with van der Waals surface area (Å²) in [6.07, 6.45) is 3.63. The third-order valence-corrected chi connectivity index (χ3v) is 4.73. The fourth-order valence-electron chi connectivity index (χ4n) is 3.45. The number of rotatable bonds is 2. The highest BCUT2D eigenvalue weighted by atomic mass is 15.2. The van der Waals surface area contributed by atoms with Crippen molar-refractivity contribution in [3.05, 3.63) is 35.4 Å². The van der Waals surface area contributed by atoms with Crippen molar-refractivity contribution in [1.29, 1.82) is 0 Å². The van der Waals surface area contributed by atoms with Gasteiger partial charge in [0.2, 0.25) is 0 Å². The van der Waals surface area contributed by atoms with Crippen LogP contribution in [-0.4, -0.2) is 23.0 Å². The summed E-state index contributed by atoms with van der Waals surface area (Å²) in [7, 11) is 0. The fraction of sp³-hybridized carbons (Fsp3) is 0.684. The largest absolute Gasteiger partial charge is 0.326 e. The van der Waals surface area contributed by atoms with Crippen LogP contribution in [-0.2, 0) is 0 Å². The maximum absolute atomic E-state index is 6.55. The van der Waals surface area contributed by atoms with Gasteiger partial charge in [0.1, 0.15) is 0 Å². The molecule has 1 heterocycles. The Balaban J connectivity index is 2.34. The van der Waals surface area contributed by atoms with Gasteiger partial charge in [-0.3, -0.25) is 4.90 Å². The first kappa shape index (κ1) is 16.5. The van der Waals surface area contributed by atoms with Gasteiger partial charge in [0.05, 0.1) is 6.04 Å². The summed E-state index contributed by atoms with van der Waals surface area (Å²) in [4.78, 5) is 2.61. The number of benzene rings is 1. The molecule has 2 nitrogen and oxygen atoms in total. The monoisotopic (exact) mass is 288 g/mol. The molecule has 2 heteroatoms. The van der Waals surface area contributed by atoms with Gasteiger partial charge < -0.3 is 5.73 Å². The number of hydrogen-bond donors (Lipinski definition) is 1. The van der Waals surface area contributed by atoms with Crippen LogP contribution in [0.4, 0.5) is 0 Å². The molecule has 1 aliphatic heterocycles. The topological polar surface area (TPSA) is 29.3 Å². The van der Waals surface area contributed by atoms with E-state index in [1.807, 2.05) is 0 Å². The quantitative estimate of drug-likeness (QED) is 0.870. The Morgan fingerprint density at radius 1 is 1.10 bits per heavy atom. The molecular weight excluding hydrogens is 256 g/mol. The highest BCUT2D eigenvalue weighted by Crippen LogP contribution is 2.35. The van der Waals surface area contributed by atoms with E-state index in [-0.39, 0.29) is 11.6 Å². The van der Waals surface area contributed by atoms with Crippen molar-refractivity contribution in [3.8, 4) is 0 Å². The van der Waals surface area contributed by atoms with Crippen LogP contribution in [0.3, 0.4) is 0 Å². The summed E-state index contributed by atoms with van der Waals surface area (Å²) in [6.45, 7) is 12.6. The lowest BCUT2D eigenvalue weighted by molar-refractivity contribution is 0.0755. The number of nitrogens with two attached hydrogens (primary N) is 1. The zero-order chi connectivity index (χ0) is 15.6. The summed E-state index contributed by atoms with van der Waals surface area (Å²) in [6, 6.07) is 9.72. The second kappa shape index (κ2) is 6.50. The van der Waals surface area contributed by atoms with Crippen molar-refractivity contribution in [2.45, 2.75) is 77.4 Å². The van der Waals surface area contributed by atoms with Crippen LogP contribution in [0.15, 0.2) is 24.3 Å². The molecule has 1 saturated heterocycles. The highest BCUT2D eigenvalue weighted by Gasteiger charge is 2.35. The predicted octanol–water partition coefficient (Wildman–Crippen LogP) is 4.46. The molecule has 0 bridgehead atoms. The first-order chi connectivity index (χ1) is 9.80. The minimum absolute atomic E-state index is 0.156. The molecule has 2 unspecified atom stereocenters. The Hall–Kier alpha value is -0.860. The van der Waals surface area contributed by atoms with Gasteiger partial charge in [-0.25, -0.2) is 0 Å². The molecule has 2 N–H and O–H groups in total. The average Bonchev–Trinajstić information content (AvgIpc) is 2.60. The molecule has 1 aliphatic rings. The highest BCUT2D eigenvalue weighted by molar-refractivity contribution is 5.28. The third-order valence-electron chi connectivity index (χ3n) is 4.73. The molecular formula is C19H32N2. The van der Waals surface area contributed by atoms with E-state index < -0.39 is 0 Å². The zero-order valence-electron chi connectivity index (χ0n) is 14.4. The van der Waals surface area contributed by atoms with Crippen molar-refractivity contribution >= 4 is 0 Å². The van der Waals surface area contributed by atoms with Crippen molar-refractivity contribution in [3.63, 3.8) is 0 Å². The van der Waals surface area contributed by atoms with E-state index in [4.69, 9.17) is 5.73 Å². The fourth-order valence-corrected chi connectivity index (χ4v) is 3.45.